The summed E-state index contributed by atoms with van der Waals surface area (Å²) in [5, 5.41) is 0. The van der Waals surface area contributed by atoms with Crippen LogP contribution in [0.25, 0.3) is 0 Å². The molecule has 7 nitrogen and oxygen atoms in total. The van der Waals surface area contributed by atoms with Crippen molar-refractivity contribution in [3.05, 3.63) is 54.0 Å². The number of carbonyl (C=O) groups excluding carboxylic acids is 1. The first-order valence-electron chi connectivity index (χ1n) is 11.3. The summed E-state index contributed by atoms with van der Waals surface area (Å²) < 4.78 is 36.6. The van der Waals surface area contributed by atoms with Gasteiger partial charge in [0.1, 0.15) is 11.5 Å². The number of amides is 1. The van der Waals surface area contributed by atoms with Crippen LogP contribution in [-0.2, 0) is 20.3 Å². The number of hydrogen-bond acceptors (Lipinski definition) is 6. The van der Waals surface area contributed by atoms with Gasteiger partial charge in [0.2, 0.25) is 0 Å². The molecule has 2 fully saturated rings. The molecule has 0 bridgehead atoms. The Labute approximate surface area is 190 Å². The predicted molar refractivity (Wildman–Crippen MR) is 121 cm³/mol. The van der Waals surface area contributed by atoms with Crippen molar-refractivity contribution >= 4 is 15.7 Å². The van der Waals surface area contributed by atoms with Gasteiger partial charge in [0.05, 0.1) is 17.1 Å². The van der Waals surface area contributed by atoms with Crippen molar-refractivity contribution in [3.8, 4) is 0 Å². The predicted octanol–water partition coefficient (Wildman–Crippen LogP) is 3.21. The Morgan fingerprint density at radius 2 is 1.66 bits per heavy atom. The maximum atomic E-state index is 12.9. The molecule has 32 heavy (non-hydrogen) atoms. The van der Waals surface area contributed by atoms with E-state index in [1.165, 1.54) is 0 Å². The number of carbonyl (C=O) groups is 1. The fraction of sp³-hybridized carbons (Fsp3) is 0.542. The topological polar surface area (TPSA) is 80.1 Å². The van der Waals surface area contributed by atoms with Crippen LogP contribution in [0.3, 0.4) is 0 Å². The largest absolute Gasteiger partial charge is 0.455 e. The molecule has 174 valence electrons. The number of nitrogens with zero attached hydrogens (tertiary/aromatic N) is 2. The van der Waals surface area contributed by atoms with Crippen LogP contribution in [0.5, 0.6) is 0 Å². The molecule has 8 heteroatoms. The molecule has 1 amide bonds. The van der Waals surface area contributed by atoms with Crippen LogP contribution >= 0.6 is 0 Å². The van der Waals surface area contributed by atoms with E-state index in [9.17, 15) is 13.2 Å². The van der Waals surface area contributed by atoms with Gasteiger partial charge in [0, 0.05) is 32.7 Å². The normalized spacial score (nSPS) is 23.4. The van der Waals surface area contributed by atoms with Gasteiger partial charge in [-0.2, -0.15) is 0 Å². The van der Waals surface area contributed by atoms with Crippen molar-refractivity contribution in [1.82, 2.24) is 9.80 Å². The van der Waals surface area contributed by atoms with Crippen molar-refractivity contribution < 1.29 is 22.4 Å². The summed E-state index contributed by atoms with van der Waals surface area (Å²) in [7, 11) is -3.51. The third-order valence-corrected chi connectivity index (χ3v) is 7.88. The summed E-state index contributed by atoms with van der Waals surface area (Å²) in [4.78, 5) is 17.4. The number of morpholine rings is 1. The van der Waals surface area contributed by atoms with E-state index in [0.717, 1.165) is 32.5 Å². The first-order valence-corrected chi connectivity index (χ1v) is 13.0. The fourth-order valence-electron chi connectivity index (χ4n) is 4.74. The lowest BCUT2D eigenvalue weighted by molar-refractivity contribution is -0.0729. The van der Waals surface area contributed by atoms with Crippen LogP contribution in [-0.4, -0.2) is 69.1 Å². The highest BCUT2D eigenvalue weighted by Crippen LogP contribution is 2.24. The van der Waals surface area contributed by atoms with Gasteiger partial charge < -0.3 is 14.1 Å². The second-order valence-corrected chi connectivity index (χ2v) is 11.0. The third kappa shape index (κ3) is 5.60. The Hall–Kier alpha value is -2.16. The molecule has 0 radical (unpaired) electrons. The minimum atomic E-state index is -3.51. The minimum Gasteiger partial charge on any atom is -0.455 e. The molecule has 2 aliphatic heterocycles. The fourth-order valence-corrected chi connectivity index (χ4v) is 6.01. The number of likely N-dealkylation sites (tertiary alicyclic amines) is 1. The zero-order valence-corrected chi connectivity index (χ0v) is 19.6. The van der Waals surface area contributed by atoms with Crippen LogP contribution in [0.1, 0.15) is 43.0 Å². The standard InChI is InChI=1S/C24H32N2O5S/c1-18-14-25(15-19(2)30-18)16-20-10-12-26(13-11-20)24(27)23-9-8-21(31-23)17-32(28,29)22-6-4-3-5-7-22/h3-9,18-20H,10-17H2,1-2H3. The average molecular weight is 461 g/mol. The van der Waals surface area contributed by atoms with Crippen LogP contribution in [0.15, 0.2) is 51.8 Å². The molecule has 2 saturated heterocycles. The van der Waals surface area contributed by atoms with E-state index in [0.29, 0.717) is 19.0 Å². The van der Waals surface area contributed by atoms with E-state index >= 15 is 0 Å². The Morgan fingerprint density at radius 3 is 2.31 bits per heavy atom. The summed E-state index contributed by atoms with van der Waals surface area (Å²) in [5.74, 6) is 0.628. The number of piperidine rings is 1. The number of furan rings is 1. The van der Waals surface area contributed by atoms with E-state index in [2.05, 4.69) is 18.7 Å². The van der Waals surface area contributed by atoms with Crippen LogP contribution in [0.4, 0.5) is 0 Å². The maximum Gasteiger partial charge on any atom is 0.289 e. The molecule has 0 aliphatic carbocycles. The van der Waals surface area contributed by atoms with Gasteiger partial charge in [0.15, 0.2) is 15.6 Å². The lowest BCUT2D eigenvalue weighted by atomic mass is 9.95. The van der Waals surface area contributed by atoms with E-state index in [-0.39, 0.29) is 40.3 Å². The SMILES string of the molecule is CC1CN(CC2CCN(C(=O)c3ccc(CS(=O)(=O)c4ccccc4)o3)CC2)CC(C)O1. The highest BCUT2D eigenvalue weighted by molar-refractivity contribution is 7.90. The third-order valence-electron chi connectivity index (χ3n) is 6.22. The van der Waals surface area contributed by atoms with E-state index in [1.54, 1.807) is 42.5 Å². The number of benzene rings is 1. The summed E-state index contributed by atoms with van der Waals surface area (Å²) in [6, 6.07) is 11.4. The van der Waals surface area contributed by atoms with Gasteiger partial charge in [-0.3, -0.25) is 9.69 Å². The second-order valence-electron chi connectivity index (χ2n) is 9.05. The Balaban J connectivity index is 1.30. The van der Waals surface area contributed by atoms with Crippen molar-refractivity contribution in [3.63, 3.8) is 0 Å². The molecule has 0 N–H and O–H groups in total. The van der Waals surface area contributed by atoms with Gasteiger partial charge in [0.25, 0.3) is 5.91 Å². The lowest BCUT2D eigenvalue weighted by Gasteiger charge is -2.39. The van der Waals surface area contributed by atoms with E-state index in [4.69, 9.17) is 9.15 Å². The summed E-state index contributed by atoms with van der Waals surface area (Å²) in [6.07, 6.45) is 2.45. The van der Waals surface area contributed by atoms with Crippen LogP contribution in [0.2, 0.25) is 0 Å². The Bertz CT molecular complexity index is 1000. The van der Waals surface area contributed by atoms with Gasteiger partial charge in [-0.1, -0.05) is 18.2 Å². The van der Waals surface area contributed by atoms with Crippen molar-refractivity contribution in [2.75, 3.05) is 32.7 Å². The van der Waals surface area contributed by atoms with Crippen molar-refractivity contribution in [1.29, 1.82) is 0 Å². The first kappa shape index (κ1) is 23.0. The molecule has 4 rings (SSSR count). The van der Waals surface area contributed by atoms with E-state index < -0.39 is 9.84 Å². The zero-order valence-electron chi connectivity index (χ0n) is 18.8. The first-order chi connectivity index (χ1) is 15.3. The van der Waals surface area contributed by atoms with Gasteiger partial charge in [-0.05, 0) is 56.9 Å². The van der Waals surface area contributed by atoms with Gasteiger partial charge in [-0.25, -0.2) is 8.42 Å². The molecule has 2 aromatic rings. The maximum absolute atomic E-state index is 12.9. The smallest absolute Gasteiger partial charge is 0.289 e. The highest BCUT2D eigenvalue weighted by atomic mass is 32.2. The molecular weight excluding hydrogens is 428 g/mol. The molecule has 2 unspecified atom stereocenters. The quantitative estimate of drug-likeness (QED) is 0.659. The molecule has 2 atom stereocenters. The molecule has 0 saturated carbocycles. The molecule has 3 heterocycles. The monoisotopic (exact) mass is 460 g/mol. The molecule has 1 aromatic heterocycles. The Morgan fingerprint density at radius 1 is 1.00 bits per heavy atom. The van der Waals surface area contributed by atoms with E-state index in [1.807, 2.05) is 4.90 Å². The average Bonchev–Trinajstić information content (AvgIpc) is 3.21. The van der Waals surface area contributed by atoms with Crippen LogP contribution < -0.4 is 0 Å². The summed E-state index contributed by atoms with van der Waals surface area (Å²) in [6.45, 7) is 8.59. The minimum absolute atomic E-state index is 0.166. The second kappa shape index (κ2) is 9.77. The molecular formula is C24H32N2O5S. The van der Waals surface area contributed by atoms with Gasteiger partial charge in [-0.15, -0.1) is 0 Å². The lowest BCUT2D eigenvalue weighted by Crippen LogP contribution is -2.48. The number of hydrogen-bond donors (Lipinski definition) is 0. The van der Waals surface area contributed by atoms with Crippen molar-refractivity contribution in [2.24, 2.45) is 5.92 Å². The number of sulfone groups is 1. The van der Waals surface area contributed by atoms with Crippen LogP contribution in [0, 0.1) is 5.92 Å². The van der Waals surface area contributed by atoms with Crippen molar-refractivity contribution in [2.45, 2.75) is 49.5 Å². The molecule has 1 aromatic carbocycles. The Kier molecular flexibility index (Phi) is 7.02. The number of rotatable bonds is 6. The molecule has 0 spiro atoms. The summed E-state index contributed by atoms with van der Waals surface area (Å²) >= 11 is 0. The van der Waals surface area contributed by atoms with Gasteiger partial charge >= 0.3 is 0 Å². The summed E-state index contributed by atoms with van der Waals surface area (Å²) in [5.41, 5.74) is 0. The zero-order chi connectivity index (χ0) is 22.7. The molecule has 2 aliphatic rings. The number of ether oxygens (including phenoxy) is 1. The highest BCUT2D eigenvalue weighted by Gasteiger charge is 2.29.